The number of nitrogens with one attached hydrogen (secondary N) is 1. The summed E-state index contributed by atoms with van der Waals surface area (Å²) in [6.07, 6.45) is 2.09. The van der Waals surface area contributed by atoms with Crippen LogP contribution in [0.2, 0.25) is 0 Å². The summed E-state index contributed by atoms with van der Waals surface area (Å²) in [5.74, 6) is -0.0770. The number of benzene rings is 1. The summed E-state index contributed by atoms with van der Waals surface area (Å²) in [7, 11) is -3.67. The third-order valence-electron chi connectivity index (χ3n) is 7.10. The van der Waals surface area contributed by atoms with Gasteiger partial charge in [-0.1, -0.05) is 32.9 Å². The lowest BCUT2D eigenvalue weighted by Crippen LogP contribution is -2.50. The van der Waals surface area contributed by atoms with E-state index < -0.39 is 10.0 Å². The molecule has 1 saturated heterocycles. The van der Waals surface area contributed by atoms with Crippen molar-refractivity contribution in [3.05, 3.63) is 51.3 Å². The molecule has 34 heavy (non-hydrogen) atoms. The molecule has 0 atom stereocenters. The van der Waals surface area contributed by atoms with Gasteiger partial charge >= 0.3 is 0 Å². The van der Waals surface area contributed by atoms with Crippen molar-refractivity contribution in [2.24, 2.45) is 0 Å². The van der Waals surface area contributed by atoms with Crippen LogP contribution in [0.25, 0.3) is 0 Å². The van der Waals surface area contributed by atoms with Gasteiger partial charge in [0.15, 0.2) is 5.78 Å². The molecule has 7 nitrogen and oxygen atoms in total. The largest absolute Gasteiger partial charge is 0.354 e. The number of sulfonamides is 1. The number of hydrogen-bond acceptors (Lipinski definition) is 4. The fourth-order valence-electron chi connectivity index (χ4n) is 5.20. The van der Waals surface area contributed by atoms with E-state index in [0.29, 0.717) is 41.2 Å². The Kier molecular flexibility index (Phi) is 6.27. The molecule has 0 bridgehead atoms. The number of hydrogen-bond donors (Lipinski definition) is 1. The molecule has 0 radical (unpaired) electrons. The highest BCUT2D eigenvalue weighted by molar-refractivity contribution is 7.89. The van der Waals surface area contributed by atoms with Gasteiger partial charge in [0.2, 0.25) is 10.0 Å². The van der Waals surface area contributed by atoms with Gasteiger partial charge in [0.25, 0.3) is 5.91 Å². The molecule has 0 unspecified atom stereocenters. The molecule has 2 aliphatic rings. The summed E-state index contributed by atoms with van der Waals surface area (Å²) in [6, 6.07) is 3.94. The molecule has 1 aromatic carbocycles. The Labute approximate surface area is 202 Å². The maximum atomic E-state index is 13.5. The van der Waals surface area contributed by atoms with Gasteiger partial charge in [-0.25, -0.2) is 8.42 Å². The van der Waals surface area contributed by atoms with Crippen LogP contribution >= 0.6 is 0 Å². The quantitative estimate of drug-likeness (QED) is 0.714. The Bertz CT molecular complexity index is 1240. The van der Waals surface area contributed by atoms with Gasteiger partial charge in [0.1, 0.15) is 5.69 Å². The Morgan fingerprint density at radius 2 is 1.56 bits per heavy atom. The number of ketones is 1. The Morgan fingerprint density at radius 3 is 2.09 bits per heavy atom. The molecule has 2 heterocycles. The number of aromatic amines is 1. The number of piperazine rings is 1. The number of carbonyl (C=O) groups is 2. The molecule has 1 aliphatic carbocycles. The van der Waals surface area contributed by atoms with Crippen molar-refractivity contribution < 1.29 is 18.0 Å². The zero-order chi connectivity index (χ0) is 25.0. The van der Waals surface area contributed by atoms with Crippen LogP contribution in [0.5, 0.6) is 0 Å². The Hall–Kier alpha value is -2.45. The lowest BCUT2D eigenvalue weighted by Gasteiger charge is -2.34. The van der Waals surface area contributed by atoms with E-state index in [-0.39, 0.29) is 30.2 Å². The second kappa shape index (κ2) is 8.64. The molecule has 1 fully saturated rings. The highest BCUT2D eigenvalue weighted by Crippen LogP contribution is 2.32. The zero-order valence-corrected chi connectivity index (χ0v) is 21.9. The summed E-state index contributed by atoms with van der Waals surface area (Å²) in [4.78, 5) is 30.8. The maximum absolute atomic E-state index is 13.5. The molecule has 0 spiro atoms. The Morgan fingerprint density at radius 1 is 0.971 bits per heavy atom. The van der Waals surface area contributed by atoms with E-state index in [2.05, 4.69) is 25.8 Å². The first-order valence-corrected chi connectivity index (χ1v) is 13.4. The van der Waals surface area contributed by atoms with E-state index >= 15 is 0 Å². The maximum Gasteiger partial charge on any atom is 0.270 e. The van der Waals surface area contributed by atoms with Crippen LogP contribution in [-0.4, -0.2) is 60.5 Å². The molecule has 0 saturated carbocycles. The van der Waals surface area contributed by atoms with E-state index in [4.69, 9.17) is 0 Å². The molecule has 1 N–H and O–H groups in total. The van der Waals surface area contributed by atoms with Crippen LogP contribution in [0, 0.1) is 20.8 Å². The molecular formula is C26H35N3O4S. The minimum absolute atomic E-state index is 0.0659. The van der Waals surface area contributed by atoms with Crippen LogP contribution in [0.15, 0.2) is 17.0 Å². The molecular weight excluding hydrogens is 450 g/mol. The van der Waals surface area contributed by atoms with E-state index in [9.17, 15) is 18.0 Å². The summed E-state index contributed by atoms with van der Waals surface area (Å²) in [5.41, 5.74) is 5.24. The molecule has 8 heteroatoms. The normalized spacial score (nSPS) is 17.7. The number of H-pyrrole nitrogens is 1. The second-order valence-electron chi connectivity index (χ2n) is 10.6. The van der Waals surface area contributed by atoms with Crippen LogP contribution in [-0.2, 0) is 21.9 Å². The monoisotopic (exact) mass is 485 g/mol. The minimum atomic E-state index is -3.67. The second-order valence-corrected chi connectivity index (χ2v) is 12.5. The first-order valence-electron chi connectivity index (χ1n) is 12.0. The van der Waals surface area contributed by atoms with Crippen molar-refractivity contribution in [2.75, 3.05) is 26.2 Å². The number of nitrogens with zero attached hydrogens (tertiary/aromatic N) is 2. The average Bonchev–Trinajstić information content (AvgIpc) is 3.09. The standard InChI is InChI=1S/C26H35N3O4S/c1-16-14-19(26(4,5)6)15-17(2)24(16)34(32,33)29-12-10-28(11-13-29)25(31)23-18(3)22-20(27-23)8-7-9-21(22)30/h14-15,27H,7-13H2,1-6H3. The van der Waals surface area contributed by atoms with Gasteiger partial charge in [-0.05, 0) is 61.3 Å². The van der Waals surface area contributed by atoms with Gasteiger partial charge < -0.3 is 9.88 Å². The first-order chi connectivity index (χ1) is 15.8. The highest BCUT2D eigenvalue weighted by atomic mass is 32.2. The molecule has 1 aliphatic heterocycles. The van der Waals surface area contributed by atoms with E-state index in [1.165, 1.54) is 4.31 Å². The fourth-order valence-corrected chi connectivity index (χ4v) is 7.03. The number of aromatic nitrogens is 1. The number of fused-ring (bicyclic) bond motifs is 1. The SMILES string of the molecule is Cc1cc(C(C)(C)C)cc(C)c1S(=O)(=O)N1CCN(C(=O)c2[nH]c3c(c2C)C(=O)CCC3)CC1. The Balaban J connectivity index is 1.52. The van der Waals surface area contributed by atoms with E-state index in [0.717, 1.165) is 35.2 Å². The minimum Gasteiger partial charge on any atom is -0.354 e. The summed E-state index contributed by atoms with van der Waals surface area (Å²) in [6.45, 7) is 13.0. The van der Waals surface area contributed by atoms with Crippen LogP contribution in [0.1, 0.15) is 82.4 Å². The molecule has 184 valence electrons. The van der Waals surface area contributed by atoms with Crippen molar-refractivity contribution >= 4 is 21.7 Å². The number of Topliss-reactive ketones (excluding diaryl/α,β-unsaturated/α-hetero) is 1. The van der Waals surface area contributed by atoms with Gasteiger partial charge in [-0.2, -0.15) is 4.31 Å². The van der Waals surface area contributed by atoms with Gasteiger partial charge in [0.05, 0.1) is 4.90 Å². The summed E-state index contributed by atoms with van der Waals surface area (Å²) >= 11 is 0. The average molecular weight is 486 g/mol. The van der Waals surface area contributed by atoms with Crippen molar-refractivity contribution in [3.8, 4) is 0 Å². The number of aryl methyl sites for hydroxylation is 3. The molecule has 1 aromatic heterocycles. The highest BCUT2D eigenvalue weighted by Gasteiger charge is 2.34. The molecule has 1 amide bonds. The molecule has 2 aromatic rings. The third-order valence-corrected chi connectivity index (χ3v) is 9.31. The van der Waals surface area contributed by atoms with Crippen molar-refractivity contribution in [3.63, 3.8) is 0 Å². The van der Waals surface area contributed by atoms with Crippen molar-refractivity contribution in [1.29, 1.82) is 0 Å². The number of rotatable bonds is 3. The predicted octanol–water partition coefficient (Wildman–Crippen LogP) is 3.90. The third kappa shape index (κ3) is 4.22. The predicted molar refractivity (Wildman–Crippen MR) is 132 cm³/mol. The topological polar surface area (TPSA) is 90.6 Å². The van der Waals surface area contributed by atoms with Crippen LogP contribution in [0.4, 0.5) is 0 Å². The van der Waals surface area contributed by atoms with Crippen molar-refractivity contribution in [2.45, 2.75) is 71.1 Å². The van der Waals surface area contributed by atoms with Crippen LogP contribution < -0.4 is 0 Å². The van der Waals surface area contributed by atoms with Gasteiger partial charge in [0, 0.05) is 43.9 Å². The lowest BCUT2D eigenvalue weighted by molar-refractivity contribution is 0.0691. The summed E-state index contributed by atoms with van der Waals surface area (Å²) in [5, 5.41) is 0. The van der Waals surface area contributed by atoms with Gasteiger partial charge in [-0.15, -0.1) is 0 Å². The smallest absolute Gasteiger partial charge is 0.270 e. The lowest BCUT2D eigenvalue weighted by atomic mass is 9.85. The van der Waals surface area contributed by atoms with E-state index in [1.807, 2.05) is 32.9 Å². The fraction of sp³-hybridized carbons (Fsp3) is 0.538. The van der Waals surface area contributed by atoms with Crippen molar-refractivity contribution in [1.82, 2.24) is 14.2 Å². The number of carbonyl (C=O) groups excluding carboxylic acids is 2. The zero-order valence-electron chi connectivity index (χ0n) is 21.0. The van der Waals surface area contributed by atoms with Gasteiger partial charge in [-0.3, -0.25) is 9.59 Å². The first kappa shape index (κ1) is 24.7. The number of amides is 1. The van der Waals surface area contributed by atoms with E-state index in [1.54, 1.807) is 4.90 Å². The van der Waals surface area contributed by atoms with Crippen LogP contribution in [0.3, 0.4) is 0 Å². The molecule has 4 rings (SSSR count). The summed E-state index contributed by atoms with van der Waals surface area (Å²) < 4.78 is 28.6.